The molecule has 1 fully saturated rings. The third-order valence-corrected chi connectivity index (χ3v) is 5.55. The molecule has 2 aromatic heterocycles. The van der Waals surface area contributed by atoms with Gasteiger partial charge in [0.25, 0.3) is 0 Å². The fourth-order valence-electron chi connectivity index (χ4n) is 3.21. The Morgan fingerprint density at radius 3 is 3.15 bits per heavy atom. The fraction of sp³-hybridized carbons (Fsp3) is 0.263. The SMILES string of the molecule is N#Cc1cnc2nc(N3CCC[C@@H]3C(=O)NCc3cccc(F)c3)sc2c1. The molecule has 1 aromatic carbocycles. The van der Waals surface area contributed by atoms with E-state index in [2.05, 4.69) is 21.4 Å². The number of carbonyl (C=O) groups excluding carboxylic acids is 1. The lowest BCUT2D eigenvalue weighted by Crippen LogP contribution is -2.43. The van der Waals surface area contributed by atoms with Crippen molar-refractivity contribution >= 4 is 32.7 Å². The van der Waals surface area contributed by atoms with Crippen molar-refractivity contribution < 1.29 is 9.18 Å². The van der Waals surface area contributed by atoms with Gasteiger partial charge in [0, 0.05) is 19.3 Å². The summed E-state index contributed by atoms with van der Waals surface area (Å²) in [5.41, 5.74) is 1.80. The van der Waals surface area contributed by atoms with E-state index in [4.69, 9.17) is 5.26 Å². The van der Waals surface area contributed by atoms with E-state index in [9.17, 15) is 9.18 Å². The maximum atomic E-state index is 13.3. The summed E-state index contributed by atoms with van der Waals surface area (Å²) >= 11 is 1.43. The number of amides is 1. The molecule has 1 saturated heterocycles. The molecule has 1 aliphatic rings. The number of benzene rings is 1. The third kappa shape index (κ3) is 3.59. The minimum absolute atomic E-state index is 0.0957. The number of anilines is 1. The van der Waals surface area contributed by atoms with E-state index >= 15 is 0 Å². The Hall–Kier alpha value is -3.05. The molecule has 3 heterocycles. The third-order valence-electron chi connectivity index (χ3n) is 4.52. The van der Waals surface area contributed by atoms with Gasteiger partial charge in [0.2, 0.25) is 5.91 Å². The number of carbonyl (C=O) groups is 1. The number of hydrogen-bond acceptors (Lipinski definition) is 6. The number of rotatable bonds is 4. The first kappa shape index (κ1) is 17.4. The Morgan fingerprint density at radius 2 is 2.33 bits per heavy atom. The summed E-state index contributed by atoms with van der Waals surface area (Å²) in [6, 6.07) is 9.73. The molecule has 3 aromatic rings. The molecule has 0 saturated carbocycles. The van der Waals surface area contributed by atoms with Crippen LogP contribution >= 0.6 is 11.3 Å². The monoisotopic (exact) mass is 381 g/mol. The van der Waals surface area contributed by atoms with Gasteiger partial charge < -0.3 is 10.2 Å². The lowest BCUT2D eigenvalue weighted by Gasteiger charge is -2.23. The van der Waals surface area contributed by atoms with Gasteiger partial charge in [0.1, 0.15) is 17.9 Å². The molecule has 27 heavy (non-hydrogen) atoms. The van der Waals surface area contributed by atoms with Crippen molar-refractivity contribution in [1.29, 1.82) is 5.26 Å². The van der Waals surface area contributed by atoms with Crippen LogP contribution in [0, 0.1) is 17.1 Å². The van der Waals surface area contributed by atoms with E-state index in [0.29, 0.717) is 11.2 Å². The number of nitrogens with zero attached hydrogens (tertiary/aromatic N) is 4. The smallest absolute Gasteiger partial charge is 0.243 e. The molecular weight excluding hydrogens is 365 g/mol. The molecule has 1 atom stereocenters. The molecule has 1 N–H and O–H groups in total. The molecule has 6 nitrogen and oxygen atoms in total. The predicted octanol–water partition coefficient (Wildman–Crippen LogP) is 2.99. The first-order valence-corrected chi connectivity index (χ1v) is 9.41. The van der Waals surface area contributed by atoms with Gasteiger partial charge in [-0.1, -0.05) is 23.5 Å². The summed E-state index contributed by atoms with van der Waals surface area (Å²) < 4.78 is 14.1. The summed E-state index contributed by atoms with van der Waals surface area (Å²) in [6.07, 6.45) is 3.13. The Balaban J connectivity index is 1.50. The highest BCUT2D eigenvalue weighted by molar-refractivity contribution is 7.22. The first-order chi connectivity index (χ1) is 13.1. The number of halogens is 1. The second-order valence-electron chi connectivity index (χ2n) is 6.35. The van der Waals surface area contributed by atoms with E-state index in [1.807, 2.05) is 4.90 Å². The second kappa shape index (κ2) is 7.29. The highest BCUT2D eigenvalue weighted by Crippen LogP contribution is 2.33. The maximum Gasteiger partial charge on any atom is 0.243 e. The summed E-state index contributed by atoms with van der Waals surface area (Å²) in [5.74, 6) is -0.412. The van der Waals surface area contributed by atoms with E-state index in [1.165, 1.54) is 29.7 Å². The Kier molecular flexibility index (Phi) is 4.69. The highest BCUT2D eigenvalue weighted by atomic mass is 32.1. The Bertz CT molecular complexity index is 1040. The van der Waals surface area contributed by atoms with E-state index in [1.54, 1.807) is 18.2 Å². The Morgan fingerprint density at radius 1 is 1.44 bits per heavy atom. The molecule has 0 spiro atoms. The maximum absolute atomic E-state index is 13.3. The van der Waals surface area contributed by atoms with Gasteiger partial charge >= 0.3 is 0 Å². The normalized spacial score (nSPS) is 16.4. The molecule has 0 bridgehead atoms. The van der Waals surface area contributed by atoms with Crippen LogP contribution in [0.4, 0.5) is 9.52 Å². The highest BCUT2D eigenvalue weighted by Gasteiger charge is 2.32. The molecule has 1 amide bonds. The quantitative estimate of drug-likeness (QED) is 0.751. The minimum Gasteiger partial charge on any atom is -0.350 e. The van der Waals surface area contributed by atoms with E-state index in [-0.39, 0.29) is 24.3 Å². The molecule has 1 aliphatic heterocycles. The van der Waals surface area contributed by atoms with Crippen LogP contribution in [0.2, 0.25) is 0 Å². The molecule has 0 unspecified atom stereocenters. The van der Waals surface area contributed by atoms with Crippen LogP contribution in [0.3, 0.4) is 0 Å². The number of nitrogens with one attached hydrogen (secondary N) is 1. The van der Waals surface area contributed by atoms with Crippen LogP contribution in [0.15, 0.2) is 36.5 Å². The molecule has 4 rings (SSSR count). The van der Waals surface area contributed by atoms with Gasteiger partial charge in [-0.05, 0) is 36.6 Å². The van der Waals surface area contributed by atoms with Crippen molar-refractivity contribution in [3.8, 4) is 6.07 Å². The second-order valence-corrected chi connectivity index (χ2v) is 7.36. The molecule has 0 aliphatic carbocycles. The van der Waals surface area contributed by atoms with Gasteiger partial charge in [0.15, 0.2) is 10.8 Å². The summed E-state index contributed by atoms with van der Waals surface area (Å²) in [4.78, 5) is 23.4. The first-order valence-electron chi connectivity index (χ1n) is 8.59. The lowest BCUT2D eigenvalue weighted by atomic mass is 10.2. The van der Waals surface area contributed by atoms with Crippen LogP contribution in [0.1, 0.15) is 24.0 Å². The van der Waals surface area contributed by atoms with Crippen molar-refractivity contribution in [2.24, 2.45) is 0 Å². The zero-order valence-electron chi connectivity index (χ0n) is 14.4. The number of fused-ring (bicyclic) bond motifs is 1. The summed E-state index contributed by atoms with van der Waals surface area (Å²) in [5, 5.41) is 12.6. The molecule has 136 valence electrons. The average molecular weight is 381 g/mol. The van der Waals surface area contributed by atoms with Crippen molar-refractivity contribution in [2.45, 2.75) is 25.4 Å². The van der Waals surface area contributed by atoms with Crippen molar-refractivity contribution in [2.75, 3.05) is 11.4 Å². The number of aromatic nitrogens is 2. The topological polar surface area (TPSA) is 81.9 Å². The lowest BCUT2D eigenvalue weighted by molar-refractivity contribution is -0.122. The van der Waals surface area contributed by atoms with E-state index in [0.717, 1.165) is 34.8 Å². The minimum atomic E-state index is -0.317. The molecular formula is C19H16FN5OS. The summed E-state index contributed by atoms with van der Waals surface area (Å²) in [6.45, 7) is 1.02. The van der Waals surface area contributed by atoms with Crippen LogP contribution in [0.25, 0.3) is 10.3 Å². The average Bonchev–Trinajstić information content (AvgIpc) is 3.32. The van der Waals surface area contributed by atoms with Gasteiger partial charge in [-0.15, -0.1) is 0 Å². The van der Waals surface area contributed by atoms with Gasteiger partial charge in [-0.2, -0.15) is 10.2 Å². The van der Waals surface area contributed by atoms with Crippen molar-refractivity contribution in [3.05, 3.63) is 53.5 Å². The zero-order valence-corrected chi connectivity index (χ0v) is 15.2. The molecule has 0 radical (unpaired) electrons. The van der Waals surface area contributed by atoms with E-state index < -0.39 is 0 Å². The number of hydrogen-bond donors (Lipinski definition) is 1. The van der Waals surface area contributed by atoms with Gasteiger partial charge in [-0.25, -0.2) is 9.37 Å². The standard InChI is InChI=1S/C19H16FN5OS/c20-14-4-1-3-12(7-14)10-23-18(26)15-5-2-6-25(15)19-24-17-16(27-19)8-13(9-21)11-22-17/h1,3-4,7-8,11,15H,2,5-6,10H2,(H,23,26)/t15-/m1/s1. The number of nitriles is 1. The van der Waals surface area contributed by atoms with Gasteiger partial charge in [0.05, 0.1) is 10.3 Å². The number of thiazole rings is 1. The van der Waals surface area contributed by atoms with Crippen molar-refractivity contribution in [1.82, 2.24) is 15.3 Å². The van der Waals surface area contributed by atoms with Gasteiger partial charge in [-0.3, -0.25) is 4.79 Å². The predicted molar refractivity (Wildman–Crippen MR) is 101 cm³/mol. The fourth-order valence-corrected chi connectivity index (χ4v) is 4.25. The van der Waals surface area contributed by atoms with Crippen molar-refractivity contribution in [3.63, 3.8) is 0 Å². The van der Waals surface area contributed by atoms with Crippen LogP contribution in [-0.4, -0.2) is 28.5 Å². The Labute approximate surface area is 159 Å². The van der Waals surface area contributed by atoms with Crippen LogP contribution in [0.5, 0.6) is 0 Å². The summed E-state index contributed by atoms with van der Waals surface area (Å²) in [7, 11) is 0. The van der Waals surface area contributed by atoms with Crippen LogP contribution < -0.4 is 10.2 Å². The number of pyridine rings is 1. The van der Waals surface area contributed by atoms with Crippen LogP contribution in [-0.2, 0) is 11.3 Å². The largest absolute Gasteiger partial charge is 0.350 e. The molecule has 8 heteroatoms. The zero-order chi connectivity index (χ0) is 18.8.